The van der Waals surface area contributed by atoms with Crippen molar-refractivity contribution in [1.29, 1.82) is 0 Å². The lowest BCUT2D eigenvalue weighted by atomic mass is 10.00. The van der Waals surface area contributed by atoms with Gasteiger partial charge in [-0.3, -0.25) is 0 Å². The highest BCUT2D eigenvalue weighted by molar-refractivity contribution is 5.62. The van der Waals surface area contributed by atoms with Crippen LogP contribution in [0, 0.1) is 5.92 Å². The lowest BCUT2D eigenvalue weighted by Crippen LogP contribution is -2.36. The zero-order valence-electron chi connectivity index (χ0n) is 12.8. The number of hydrogen-bond acceptors (Lipinski definition) is 3. The molecule has 1 aromatic heterocycles. The van der Waals surface area contributed by atoms with Gasteiger partial charge < -0.3 is 4.90 Å². The Balaban J connectivity index is 2.03. The first-order chi connectivity index (χ1) is 10.9. The topological polar surface area (TPSA) is 29.0 Å². The van der Waals surface area contributed by atoms with Gasteiger partial charge in [0.05, 0.1) is 5.69 Å². The Morgan fingerprint density at radius 3 is 2.52 bits per heavy atom. The standard InChI is InChI=1S/C17H18F3N3/c1-12-6-5-9-23(11-12)16-14(17(18,19)20)10-15(21-22-16)13-7-3-2-4-8-13/h2-4,7-8,10,12H,5-6,9,11H2,1H3. The molecule has 0 N–H and O–H groups in total. The predicted molar refractivity (Wildman–Crippen MR) is 83.1 cm³/mol. The number of anilines is 1. The Bertz CT molecular complexity index is 671. The van der Waals surface area contributed by atoms with Gasteiger partial charge in [-0.1, -0.05) is 37.3 Å². The number of rotatable bonds is 2. The first-order valence-electron chi connectivity index (χ1n) is 7.70. The molecule has 2 aromatic rings. The minimum absolute atomic E-state index is 0.0521. The fourth-order valence-corrected chi connectivity index (χ4v) is 2.96. The van der Waals surface area contributed by atoms with Crippen LogP contribution >= 0.6 is 0 Å². The first-order valence-corrected chi connectivity index (χ1v) is 7.70. The number of hydrogen-bond donors (Lipinski definition) is 0. The number of aromatic nitrogens is 2. The fourth-order valence-electron chi connectivity index (χ4n) is 2.96. The number of piperidine rings is 1. The quantitative estimate of drug-likeness (QED) is 0.821. The summed E-state index contributed by atoms with van der Waals surface area (Å²) in [4.78, 5) is 1.71. The van der Waals surface area contributed by atoms with Gasteiger partial charge in [0, 0.05) is 18.7 Å². The van der Waals surface area contributed by atoms with Crippen LogP contribution in [0.25, 0.3) is 11.3 Å². The molecule has 1 aliphatic heterocycles. The van der Waals surface area contributed by atoms with Gasteiger partial charge in [-0.05, 0) is 24.8 Å². The third-order valence-corrected chi connectivity index (χ3v) is 4.11. The molecule has 2 heterocycles. The summed E-state index contributed by atoms with van der Waals surface area (Å²) >= 11 is 0. The molecule has 1 aliphatic rings. The van der Waals surface area contributed by atoms with E-state index >= 15 is 0 Å². The van der Waals surface area contributed by atoms with Gasteiger partial charge >= 0.3 is 6.18 Å². The molecule has 0 spiro atoms. The van der Waals surface area contributed by atoms with E-state index in [2.05, 4.69) is 10.2 Å². The van der Waals surface area contributed by atoms with Crippen LogP contribution in [0.15, 0.2) is 36.4 Å². The average molecular weight is 321 g/mol. The molecule has 0 aliphatic carbocycles. The highest BCUT2D eigenvalue weighted by Gasteiger charge is 2.37. The second-order valence-electron chi connectivity index (χ2n) is 6.02. The monoisotopic (exact) mass is 321 g/mol. The van der Waals surface area contributed by atoms with Crippen LogP contribution in [0.3, 0.4) is 0 Å². The lowest BCUT2D eigenvalue weighted by Gasteiger charge is -2.33. The van der Waals surface area contributed by atoms with Gasteiger partial charge in [-0.25, -0.2) is 0 Å². The van der Waals surface area contributed by atoms with Crippen molar-refractivity contribution in [2.75, 3.05) is 18.0 Å². The minimum Gasteiger partial charge on any atom is -0.354 e. The molecule has 122 valence electrons. The zero-order chi connectivity index (χ0) is 16.4. The van der Waals surface area contributed by atoms with E-state index in [1.165, 1.54) is 0 Å². The molecule has 1 aromatic carbocycles. The molecule has 0 saturated carbocycles. The summed E-state index contributed by atoms with van der Waals surface area (Å²) in [5, 5.41) is 7.97. The summed E-state index contributed by atoms with van der Waals surface area (Å²) in [5.41, 5.74) is 0.163. The lowest BCUT2D eigenvalue weighted by molar-refractivity contribution is -0.137. The molecular weight excluding hydrogens is 303 g/mol. The second-order valence-corrected chi connectivity index (χ2v) is 6.02. The van der Waals surface area contributed by atoms with E-state index in [-0.39, 0.29) is 11.5 Å². The Kier molecular flexibility index (Phi) is 4.24. The summed E-state index contributed by atoms with van der Waals surface area (Å²) in [6.45, 7) is 3.22. The fraction of sp³-hybridized carbons (Fsp3) is 0.412. The molecule has 1 unspecified atom stereocenters. The third-order valence-electron chi connectivity index (χ3n) is 4.11. The van der Waals surface area contributed by atoms with E-state index in [4.69, 9.17) is 0 Å². The van der Waals surface area contributed by atoms with E-state index < -0.39 is 11.7 Å². The van der Waals surface area contributed by atoms with E-state index in [0.29, 0.717) is 24.6 Å². The molecule has 0 radical (unpaired) electrons. The first kappa shape index (κ1) is 15.8. The smallest absolute Gasteiger partial charge is 0.354 e. The van der Waals surface area contributed by atoms with E-state index in [9.17, 15) is 13.2 Å². The summed E-state index contributed by atoms with van der Waals surface area (Å²) in [5.74, 6) is 0.309. The zero-order valence-corrected chi connectivity index (χ0v) is 12.8. The van der Waals surface area contributed by atoms with Gasteiger partial charge in [-0.15, -0.1) is 10.2 Å². The van der Waals surface area contributed by atoms with Gasteiger partial charge in [-0.2, -0.15) is 13.2 Å². The third kappa shape index (κ3) is 3.46. The number of halogens is 3. The predicted octanol–water partition coefficient (Wildman–Crippen LogP) is 4.40. The van der Waals surface area contributed by atoms with E-state index in [1.807, 2.05) is 13.0 Å². The van der Waals surface area contributed by atoms with Gasteiger partial charge in [0.25, 0.3) is 0 Å². The van der Waals surface area contributed by atoms with Gasteiger partial charge in [0.15, 0.2) is 5.82 Å². The molecule has 3 rings (SSSR count). The van der Waals surface area contributed by atoms with Crippen molar-refractivity contribution in [2.45, 2.75) is 25.9 Å². The van der Waals surface area contributed by atoms with Crippen LogP contribution in [0.5, 0.6) is 0 Å². The minimum atomic E-state index is -4.45. The normalized spacial score (nSPS) is 19.0. The Morgan fingerprint density at radius 1 is 1.13 bits per heavy atom. The van der Waals surface area contributed by atoms with Crippen LogP contribution in [-0.2, 0) is 6.18 Å². The molecule has 1 saturated heterocycles. The van der Waals surface area contributed by atoms with Gasteiger partial charge in [0.1, 0.15) is 5.56 Å². The summed E-state index contributed by atoms with van der Waals surface area (Å²) in [6, 6.07) is 9.91. The Hall–Kier alpha value is -2.11. The maximum atomic E-state index is 13.5. The largest absolute Gasteiger partial charge is 0.420 e. The summed E-state index contributed by atoms with van der Waals surface area (Å²) < 4.78 is 40.5. The van der Waals surface area contributed by atoms with Crippen molar-refractivity contribution in [2.24, 2.45) is 5.92 Å². The van der Waals surface area contributed by atoms with Crippen LogP contribution in [0.1, 0.15) is 25.3 Å². The number of benzene rings is 1. The van der Waals surface area contributed by atoms with Crippen LogP contribution < -0.4 is 4.90 Å². The molecule has 23 heavy (non-hydrogen) atoms. The van der Waals surface area contributed by atoms with Gasteiger partial charge in [0.2, 0.25) is 0 Å². The van der Waals surface area contributed by atoms with E-state index in [1.54, 1.807) is 29.2 Å². The molecule has 1 atom stereocenters. The molecule has 6 heteroatoms. The highest BCUT2D eigenvalue weighted by Crippen LogP contribution is 2.38. The summed E-state index contributed by atoms with van der Waals surface area (Å²) in [6.07, 6.45) is -2.54. The highest BCUT2D eigenvalue weighted by atomic mass is 19.4. The molecule has 0 amide bonds. The van der Waals surface area contributed by atoms with Crippen molar-refractivity contribution in [1.82, 2.24) is 10.2 Å². The Labute approximate surface area is 133 Å². The second kappa shape index (κ2) is 6.18. The van der Waals surface area contributed by atoms with Crippen LogP contribution in [0.2, 0.25) is 0 Å². The summed E-state index contributed by atoms with van der Waals surface area (Å²) in [7, 11) is 0. The Morgan fingerprint density at radius 2 is 1.87 bits per heavy atom. The molecule has 0 bridgehead atoms. The van der Waals surface area contributed by atoms with Crippen molar-refractivity contribution in [3.05, 3.63) is 42.0 Å². The van der Waals surface area contributed by atoms with Crippen molar-refractivity contribution >= 4 is 5.82 Å². The van der Waals surface area contributed by atoms with Crippen molar-refractivity contribution in [3.63, 3.8) is 0 Å². The number of nitrogens with zero attached hydrogens (tertiary/aromatic N) is 3. The molecule has 3 nitrogen and oxygen atoms in total. The average Bonchev–Trinajstić information content (AvgIpc) is 2.54. The van der Waals surface area contributed by atoms with Crippen molar-refractivity contribution in [3.8, 4) is 11.3 Å². The SMILES string of the molecule is CC1CCCN(c2nnc(-c3ccccc3)cc2C(F)(F)F)C1. The molecule has 1 fully saturated rings. The number of alkyl halides is 3. The van der Waals surface area contributed by atoms with Crippen LogP contribution in [-0.4, -0.2) is 23.3 Å². The van der Waals surface area contributed by atoms with Crippen molar-refractivity contribution < 1.29 is 13.2 Å². The van der Waals surface area contributed by atoms with Crippen LogP contribution in [0.4, 0.5) is 19.0 Å². The molecular formula is C17H18F3N3. The maximum Gasteiger partial charge on any atom is 0.420 e. The van der Waals surface area contributed by atoms with E-state index in [0.717, 1.165) is 18.9 Å². The maximum absolute atomic E-state index is 13.5.